The maximum atomic E-state index is 2.48. The highest BCUT2D eigenvalue weighted by Crippen LogP contribution is 2.44. The van der Waals surface area contributed by atoms with Crippen molar-refractivity contribution in [2.24, 2.45) is 0 Å². The molecule has 0 saturated heterocycles. The molecular formula is C42H28N2. The maximum Gasteiger partial charge on any atom is 0.0543 e. The molecule has 0 bridgehead atoms. The van der Waals surface area contributed by atoms with Crippen LogP contribution in [0, 0.1) is 0 Å². The molecule has 2 heterocycles. The molecule has 0 atom stereocenters. The number of aryl methyl sites for hydroxylation is 2. The fourth-order valence-electron chi connectivity index (χ4n) is 7.93. The summed E-state index contributed by atoms with van der Waals surface area (Å²) in [6.45, 7) is 0. The molecule has 0 fully saturated rings. The summed E-state index contributed by atoms with van der Waals surface area (Å²) in [4.78, 5) is 0. The van der Waals surface area contributed by atoms with E-state index in [4.69, 9.17) is 0 Å². The third-order valence-electron chi connectivity index (χ3n) is 9.79. The first kappa shape index (κ1) is 23.9. The van der Waals surface area contributed by atoms with Crippen molar-refractivity contribution in [1.82, 2.24) is 9.13 Å². The first-order valence-electron chi connectivity index (χ1n) is 15.5. The largest absolute Gasteiger partial charge is 0.309 e. The summed E-state index contributed by atoms with van der Waals surface area (Å²) >= 11 is 0. The summed E-state index contributed by atoms with van der Waals surface area (Å²) in [5, 5.41) is 7.81. The Morgan fingerprint density at radius 3 is 1.39 bits per heavy atom. The van der Waals surface area contributed by atoms with Gasteiger partial charge in [-0.25, -0.2) is 0 Å². The van der Waals surface area contributed by atoms with Crippen LogP contribution in [0.2, 0.25) is 0 Å². The lowest BCUT2D eigenvalue weighted by Crippen LogP contribution is -2.08. The van der Waals surface area contributed by atoms with Gasteiger partial charge >= 0.3 is 0 Å². The van der Waals surface area contributed by atoms with Crippen molar-refractivity contribution in [3.05, 3.63) is 157 Å². The Hall–Kier alpha value is -5.60. The first-order chi connectivity index (χ1) is 21.8. The summed E-state index contributed by atoms with van der Waals surface area (Å²) in [6.07, 6.45) is 2.05. The minimum atomic E-state index is 1.02. The zero-order valence-corrected chi connectivity index (χ0v) is 24.2. The minimum Gasteiger partial charge on any atom is -0.309 e. The van der Waals surface area contributed by atoms with E-state index in [0.29, 0.717) is 0 Å². The Morgan fingerprint density at radius 2 is 0.818 bits per heavy atom. The van der Waals surface area contributed by atoms with E-state index in [1.54, 1.807) is 0 Å². The summed E-state index contributed by atoms with van der Waals surface area (Å²) in [6, 6.07) is 53.8. The topological polar surface area (TPSA) is 9.86 Å². The maximum absolute atomic E-state index is 2.48. The predicted molar refractivity (Wildman–Crippen MR) is 185 cm³/mol. The highest BCUT2D eigenvalue weighted by atomic mass is 15.0. The Balaban J connectivity index is 1.21. The van der Waals surface area contributed by atoms with Crippen LogP contribution in [0.1, 0.15) is 11.1 Å². The normalized spacial score (nSPS) is 12.8. The zero-order valence-electron chi connectivity index (χ0n) is 24.2. The Bertz CT molecular complexity index is 2510. The van der Waals surface area contributed by atoms with Crippen molar-refractivity contribution in [3.8, 4) is 22.5 Å². The van der Waals surface area contributed by atoms with Crippen LogP contribution in [-0.4, -0.2) is 9.13 Å². The quantitative estimate of drug-likeness (QED) is 0.199. The second-order valence-corrected chi connectivity index (χ2v) is 12.1. The average molecular weight is 561 g/mol. The summed E-state index contributed by atoms with van der Waals surface area (Å²) < 4.78 is 4.91. The van der Waals surface area contributed by atoms with Gasteiger partial charge in [0.25, 0.3) is 0 Å². The number of fused-ring (bicyclic) bond motifs is 11. The van der Waals surface area contributed by atoms with Crippen molar-refractivity contribution in [3.63, 3.8) is 0 Å². The van der Waals surface area contributed by atoms with E-state index in [-0.39, 0.29) is 0 Å². The van der Waals surface area contributed by atoms with Gasteiger partial charge in [-0.05, 0) is 82.9 Å². The lowest BCUT2D eigenvalue weighted by molar-refractivity contribution is 0.938. The lowest BCUT2D eigenvalue weighted by Gasteiger charge is -2.25. The number of benzene rings is 7. The van der Waals surface area contributed by atoms with E-state index < -0.39 is 0 Å². The van der Waals surface area contributed by atoms with Crippen LogP contribution < -0.4 is 0 Å². The van der Waals surface area contributed by atoms with E-state index in [9.17, 15) is 0 Å². The van der Waals surface area contributed by atoms with Gasteiger partial charge in [0, 0.05) is 32.6 Å². The number of aromatic nitrogens is 2. The van der Waals surface area contributed by atoms with Gasteiger partial charge in [-0.15, -0.1) is 0 Å². The highest BCUT2D eigenvalue weighted by Gasteiger charge is 2.23. The van der Waals surface area contributed by atoms with Crippen molar-refractivity contribution >= 4 is 54.4 Å². The second-order valence-electron chi connectivity index (χ2n) is 12.1. The lowest BCUT2D eigenvalue weighted by atomic mass is 9.82. The molecule has 1 aliphatic rings. The number of hydrogen-bond donors (Lipinski definition) is 0. The van der Waals surface area contributed by atoms with Gasteiger partial charge in [-0.3, -0.25) is 0 Å². The molecular weight excluding hydrogens is 532 g/mol. The third-order valence-corrected chi connectivity index (χ3v) is 9.79. The average Bonchev–Trinajstić information content (AvgIpc) is 3.60. The summed E-state index contributed by atoms with van der Waals surface area (Å²) in [5.41, 5.74) is 13.1. The predicted octanol–water partition coefficient (Wildman–Crippen LogP) is 10.8. The molecule has 10 rings (SSSR count). The van der Waals surface area contributed by atoms with Crippen LogP contribution in [0.15, 0.2) is 146 Å². The van der Waals surface area contributed by atoms with Gasteiger partial charge in [0.2, 0.25) is 0 Å². The minimum absolute atomic E-state index is 1.02. The number of para-hydroxylation sites is 4. The third kappa shape index (κ3) is 3.20. The molecule has 0 saturated carbocycles. The van der Waals surface area contributed by atoms with E-state index in [1.165, 1.54) is 88.0 Å². The van der Waals surface area contributed by atoms with Crippen molar-refractivity contribution in [2.45, 2.75) is 12.8 Å². The first-order valence-corrected chi connectivity index (χ1v) is 15.5. The molecule has 7 aromatic carbocycles. The molecule has 0 unspecified atom stereocenters. The van der Waals surface area contributed by atoms with Crippen LogP contribution >= 0.6 is 0 Å². The fourth-order valence-corrected chi connectivity index (χ4v) is 7.93. The van der Waals surface area contributed by atoms with Crippen molar-refractivity contribution in [2.75, 3.05) is 0 Å². The molecule has 44 heavy (non-hydrogen) atoms. The van der Waals surface area contributed by atoms with E-state index in [0.717, 1.165) is 12.8 Å². The van der Waals surface area contributed by atoms with Crippen LogP contribution in [0.3, 0.4) is 0 Å². The van der Waals surface area contributed by atoms with Gasteiger partial charge < -0.3 is 9.13 Å². The zero-order chi connectivity index (χ0) is 28.8. The smallest absolute Gasteiger partial charge is 0.0543 e. The molecule has 2 heteroatoms. The molecule has 206 valence electrons. The van der Waals surface area contributed by atoms with E-state index >= 15 is 0 Å². The van der Waals surface area contributed by atoms with Crippen LogP contribution in [0.4, 0.5) is 0 Å². The highest BCUT2D eigenvalue weighted by molar-refractivity contribution is 6.12. The monoisotopic (exact) mass is 560 g/mol. The second kappa shape index (κ2) is 8.95. The van der Waals surface area contributed by atoms with E-state index in [1.807, 2.05) is 0 Å². The van der Waals surface area contributed by atoms with Gasteiger partial charge in [0.1, 0.15) is 0 Å². The van der Waals surface area contributed by atoms with Crippen LogP contribution in [0.25, 0.3) is 76.9 Å². The Kier molecular flexibility index (Phi) is 4.86. The number of rotatable bonds is 2. The van der Waals surface area contributed by atoms with Gasteiger partial charge in [-0.1, -0.05) is 103 Å². The molecule has 0 N–H and O–H groups in total. The van der Waals surface area contributed by atoms with Crippen molar-refractivity contribution in [1.29, 1.82) is 0 Å². The van der Waals surface area contributed by atoms with E-state index in [2.05, 4.69) is 155 Å². The summed E-state index contributed by atoms with van der Waals surface area (Å²) in [5.74, 6) is 0. The molecule has 2 aromatic heterocycles. The van der Waals surface area contributed by atoms with Crippen LogP contribution in [-0.2, 0) is 12.8 Å². The van der Waals surface area contributed by atoms with Gasteiger partial charge in [0.15, 0.2) is 0 Å². The molecule has 0 amide bonds. The molecule has 9 aromatic rings. The molecule has 1 aliphatic carbocycles. The van der Waals surface area contributed by atoms with Gasteiger partial charge in [0.05, 0.1) is 27.8 Å². The molecule has 2 nitrogen and oxygen atoms in total. The van der Waals surface area contributed by atoms with Crippen molar-refractivity contribution < 1.29 is 0 Å². The molecule has 0 spiro atoms. The Labute approximate surface area is 255 Å². The molecule has 0 aliphatic heterocycles. The van der Waals surface area contributed by atoms with Crippen LogP contribution in [0.5, 0.6) is 0 Å². The summed E-state index contributed by atoms with van der Waals surface area (Å²) in [7, 11) is 0. The van der Waals surface area contributed by atoms with Gasteiger partial charge in [-0.2, -0.15) is 0 Å². The SMILES string of the molecule is c1ccc2c3c(cc(-n4c5ccccc5c5ccccc54)c2c1)CCc1cc(-n2c4ccccc4c4ccccc42)ccc1-3. The molecule has 0 radical (unpaired) electrons. The fraction of sp³-hybridized carbons (Fsp3) is 0.0476. The standard InChI is InChI=1S/C42H28N2/c1-2-16-36-35(15-1)41(44-39-19-9-5-13-33(39)34-14-6-10-20-40(34)44)26-28-22-21-27-25-29(23-24-30(27)42(28)36)43-37-17-7-3-11-31(37)32-12-4-8-18-38(32)43/h1-20,23-26H,21-22H2. The Morgan fingerprint density at radius 1 is 0.364 bits per heavy atom. The number of nitrogens with zero attached hydrogens (tertiary/aromatic N) is 2. The number of hydrogen-bond acceptors (Lipinski definition) is 0.